The molecule has 2 saturated heterocycles. The lowest BCUT2D eigenvalue weighted by molar-refractivity contribution is -0.137. The Kier molecular flexibility index (Phi) is 3.49. The summed E-state index contributed by atoms with van der Waals surface area (Å²) in [6.45, 7) is 4.32. The number of amides is 1. The maximum atomic E-state index is 12.8. The van der Waals surface area contributed by atoms with Crippen LogP contribution in [0.2, 0.25) is 0 Å². The fourth-order valence-corrected chi connectivity index (χ4v) is 5.39. The molecule has 5 unspecified atom stereocenters. The predicted octanol–water partition coefficient (Wildman–Crippen LogP) is 2.27. The zero-order valence-corrected chi connectivity index (χ0v) is 12.5. The van der Waals surface area contributed by atoms with Gasteiger partial charge in [-0.25, -0.2) is 0 Å². The Morgan fingerprint density at radius 1 is 0.850 bits per heavy atom. The van der Waals surface area contributed by atoms with Gasteiger partial charge in [0.1, 0.15) is 0 Å². The summed E-state index contributed by atoms with van der Waals surface area (Å²) < 4.78 is 0. The van der Waals surface area contributed by atoms with Gasteiger partial charge in [-0.15, -0.1) is 0 Å². The van der Waals surface area contributed by atoms with Crippen molar-refractivity contribution in [1.29, 1.82) is 0 Å². The molecule has 3 nitrogen and oxygen atoms in total. The fourth-order valence-electron chi connectivity index (χ4n) is 5.39. The molecule has 0 aromatic rings. The number of likely N-dealkylation sites (tertiary alicyclic amines) is 1. The van der Waals surface area contributed by atoms with E-state index < -0.39 is 0 Å². The molecule has 2 heterocycles. The number of fused-ring (bicyclic) bond motifs is 2. The molecular weight excluding hydrogens is 248 g/mol. The van der Waals surface area contributed by atoms with Crippen molar-refractivity contribution >= 4 is 5.91 Å². The fraction of sp³-hybridized carbons (Fsp3) is 0.941. The van der Waals surface area contributed by atoms with Gasteiger partial charge in [-0.3, -0.25) is 4.79 Å². The van der Waals surface area contributed by atoms with Crippen molar-refractivity contribution in [1.82, 2.24) is 10.2 Å². The average molecular weight is 276 g/mol. The quantitative estimate of drug-likeness (QED) is 0.797. The summed E-state index contributed by atoms with van der Waals surface area (Å²) in [6, 6.07) is 0. The van der Waals surface area contributed by atoms with Crippen LogP contribution in [0, 0.1) is 29.6 Å². The molecule has 0 aromatic heterocycles. The second kappa shape index (κ2) is 5.32. The lowest BCUT2D eigenvalue weighted by atomic mass is 9.67. The first-order chi connectivity index (χ1) is 9.81. The molecule has 1 N–H and O–H groups in total. The third-order valence-electron chi connectivity index (χ3n) is 6.59. The third-order valence-corrected chi connectivity index (χ3v) is 6.59. The summed E-state index contributed by atoms with van der Waals surface area (Å²) in [5.41, 5.74) is 0. The maximum absolute atomic E-state index is 12.8. The van der Waals surface area contributed by atoms with Gasteiger partial charge >= 0.3 is 0 Å². The SMILES string of the molecule is O=C(C1CCC2CCCCC2C1)N1CC2CNCC2C1. The van der Waals surface area contributed by atoms with Crippen LogP contribution in [0.5, 0.6) is 0 Å². The van der Waals surface area contributed by atoms with Gasteiger partial charge in [0, 0.05) is 32.1 Å². The highest BCUT2D eigenvalue weighted by Crippen LogP contribution is 2.43. The van der Waals surface area contributed by atoms with E-state index in [4.69, 9.17) is 0 Å². The van der Waals surface area contributed by atoms with Crippen molar-refractivity contribution in [3.63, 3.8) is 0 Å². The molecule has 4 fully saturated rings. The summed E-state index contributed by atoms with van der Waals surface area (Å²) in [4.78, 5) is 15.0. The largest absolute Gasteiger partial charge is 0.342 e. The van der Waals surface area contributed by atoms with Crippen molar-refractivity contribution in [2.24, 2.45) is 29.6 Å². The molecule has 3 heteroatoms. The minimum atomic E-state index is 0.362. The maximum Gasteiger partial charge on any atom is 0.225 e. The Bertz CT molecular complexity index is 371. The molecule has 4 aliphatic rings. The topological polar surface area (TPSA) is 32.3 Å². The Hall–Kier alpha value is -0.570. The van der Waals surface area contributed by atoms with E-state index in [0.29, 0.717) is 11.8 Å². The highest BCUT2D eigenvalue weighted by molar-refractivity contribution is 5.79. The van der Waals surface area contributed by atoms with E-state index >= 15 is 0 Å². The molecule has 0 radical (unpaired) electrons. The van der Waals surface area contributed by atoms with E-state index in [1.54, 1.807) is 0 Å². The van der Waals surface area contributed by atoms with Crippen molar-refractivity contribution in [2.45, 2.75) is 44.9 Å². The number of carbonyl (C=O) groups excluding carboxylic acids is 1. The van der Waals surface area contributed by atoms with E-state index in [9.17, 15) is 4.79 Å². The predicted molar refractivity (Wildman–Crippen MR) is 79.2 cm³/mol. The summed E-state index contributed by atoms with van der Waals surface area (Å²) in [5, 5.41) is 3.46. The second-order valence-corrected chi connectivity index (χ2v) is 7.74. The van der Waals surface area contributed by atoms with Crippen molar-refractivity contribution in [3.05, 3.63) is 0 Å². The summed E-state index contributed by atoms with van der Waals surface area (Å²) in [6.07, 6.45) is 9.36. The lowest BCUT2D eigenvalue weighted by Crippen LogP contribution is -2.40. The number of nitrogens with one attached hydrogen (secondary N) is 1. The Balaban J connectivity index is 1.37. The number of hydrogen-bond donors (Lipinski definition) is 1. The first-order valence-electron chi connectivity index (χ1n) is 8.81. The highest BCUT2D eigenvalue weighted by atomic mass is 16.2. The minimum absolute atomic E-state index is 0.362. The number of hydrogen-bond acceptors (Lipinski definition) is 2. The van der Waals surface area contributed by atoms with Gasteiger partial charge in [0.05, 0.1) is 0 Å². The standard InChI is InChI=1S/C17H28N2O/c20-17(19-10-15-8-18-9-16(15)11-19)14-6-5-12-3-1-2-4-13(12)7-14/h12-16,18H,1-11H2. The zero-order chi connectivity index (χ0) is 13.5. The van der Waals surface area contributed by atoms with E-state index in [1.165, 1.54) is 44.9 Å². The Morgan fingerprint density at radius 2 is 1.55 bits per heavy atom. The van der Waals surface area contributed by atoms with Crippen LogP contribution in [0.1, 0.15) is 44.9 Å². The molecule has 0 spiro atoms. The second-order valence-electron chi connectivity index (χ2n) is 7.74. The summed E-state index contributed by atoms with van der Waals surface area (Å²) in [7, 11) is 0. The molecule has 20 heavy (non-hydrogen) atoms. The molecular formula is C17H28N2O. The molecule has 2 saturated carbocycles. The van der Waals surface area contributed by atoms with Gasteiger partial charge in [0.25, 0.3) is 0 Å². The van der Waals surface area contributed by atoms with Crippen LogP contribution < -0.4 is 5.32 Å². The summed E-state index contributed by atoms with van der Waals surface area (Å²) >= 11 is 0. The van der Waals surface area contributed by atoms with Gasteiger partial charge in [-0.2, -0.15) is 0 Å². The molecule has 0 aromatic carbocycles. The number of carbonyl (C=O) groups is 1. The van der Waals surface area contributed by atoms with E-state index in [2.05, 4.69) is 10.2 Å². The molecule has 0 bridgehead atoms. The van der Waals surface area contributed by atoms with Crippen LogP contribution in [0.4, 0.5) is 0 Å². The molecule has 112 valence electrons. The van der Waals surface area contributed by atoms with Crippen LogP contribution in [0.15, 0.2) is 0 Å². The van der Waals surface area contributed by atoms with Gasteiger partial charge in [0.2, 0.25) is 5.91 Å². The molecule has 4 rings (SSSR count). The van der Waals surface area contributed by atoms with Crippen molar-refractivity contribution in [2.75, 3.05) is 26.2 Å². The molecule has 2 aliphatic heterocycles. The zero-order valence-electron chi connectivity index (χ0n) is 12.5. The monoisotopic (exact) mass is 276 g/mol. The number of rotatable bonds is 1. The first-order valence-corrected chi connectivity index (χ1v) is 8.81. The van der Waals surface area contributed by atoms with Crippen molar-refractivity contribution < 1.29 is 4.79 Å². The van der Waals surface area contributed by atoms with Gasteiger partial charge in [0.15, 0.2) is 0 Å². The van der Waals surface area contributed by atoms with Gasteiger partial charge in [-0.1, -0.05) is 25.7 Å². The molecule has 1 amide bonds. The van der Waals surface area contributed by atoms with Gasteiger partial charge < -0.3 is 10.2 Å². The Morgan fingerprint density at radius 3 is 2.30 bits per heavy atom. The van der Waals surface area contributed by atoms with Crippen LogP contribution >= 0.6 is 0 Å². The summed E-state index contributed by atoms with van der Waals surface area (Å²) in [5.74, 6) is 4.17. The van der Waals surface area contributed by atoms with Crippen LogP contribution in [-0.4, -0.2) is 37.0 Å². The van der Waals surface area contributed by atoms with E-state index in [-0.39, 0.29) is 0 Å². The van der Waals surface area contributed by atoms with Crippen LogP contribution in [0.3, 0.4) is 0 Å². The molecule has 2 aliphatic carbocycles. The van der Waals surface area contributed by atoms with Crippen molar-refractivity contribution in [3.8, 4) is 0 Å². The van der Waals surface area contributed by atoms with E-state index in [0.717, 1.165) is 49.9 Å². The lowest BCUT2D eigenvalue weighted by Gasteiger charge is -2.39. The number of nitrogens with zero attached hydrogens (tertiary/aromatic N) is 1. The molecule has 5 atom stereocenters. The Labute approximate surface area is 122 Å². The highest BCUT2D eigenvalue weighted by Gasteiger charge is 2.42. The third kappa shape index (κ3) is 2.28. The normalized spacial score (nSPS) is 44.2. The smallest absolute Gasteiger partial charge is 0.225 e. The minimum Gasteiger partial charge on any atom is -0.342 e. The average Bonchev–Trinajstić information content (AvgIpc) is 3.07. The van der Waals surface area contributed by atoms with E-state index in [1.807, 2.05) is 0 Å². The van der Waals surface area contributed by atoms with Gasteiger partial charge in [-0.05, 0) is 42.9 Å². The van der Waals surface area contributed by atoms with Crippen LogP contribution in [0.25, 0.3) is 0 Å². The van der Waals surface area contributed by atoms with Crippen LogP contribution in [-0.2, 0) is 4.79 Å². The first kappa shape index (κ1) is 13.1.